The molecule has 2 amide bonds. The molecule has 202 valence electrons. The van der Waals surface area contributed by atoms with E-state index in [-0.39, 0.29) is 22.6 Å². The number of aromatic nitrogens is 2. The van der Waals surface area contributed by atoms with Gasteiger partial charge in [0.05, 0.1) is 21.7 Å². The summed E-state index contributed by atoms with van der Waals surface area (Å²) < 4.78 is 29.7. The second kappa shape index (κ2) is 11.0. The van der Waals surface area contributed by atoms with Crippen LogP contribution >= 0.6 is 0 Å². The summed E-state index contributed by atoms with van der Waals surface area (Å²) in [5, 5.41) is 10.2. The van der Waals surface area contributed by atoms with Gasteiger partial charge in [0.15, 0.2) is 0 Å². The summed E-state index contributed by atoms with van der Waals surface area (Å²) in [5.41, 5.74) is 4.59. The number of rotatable bonds is 7. The molecule has 2 aromatic carbocycles. The second-order valence-corrected chi connectivity index (χ2v) is 11.7. The first-order valence-corrected chi connectivity index (χ1v) is 14.3. The quantitative estimate of drug-likeness (QED) is 0.363. The average Bonchev–Trinajstić information content (AvgIpc) is 3.27. The molecule has 0 aliphatic carbocycles. The van der Waals surface area contributed by atoms with Gasteiger partial charge in [-0.1, -0.05) is 30.3 Å². The van der Waals surface area contributed by atoms with Crippen molar-refractivity contribution >= 4 is 33.0 Å². The molecule has 2 aromatic heterocycles. The Morgan fingerprint density at radius 2 is 1.69 bits per heavy atom. The molecule has 1 fully saturated rings. The molecular formula is C29H31N5O4S. The van der Waals surface area contributed by atoms with Crippen molar-refractivity contribution in [2.45, 2.75) is 44.0 Å². The molecule has 0 radical (unpaired) electrons. The Kier molecular flexibility index (Phi) is 7.49. The maximum absolute atomic E-state index is 13.2. The fourth-order valence-corrected chi connectivity index (χ4v) is 6.54. The first kappa shape index (κ1) is 26.6. The van der Waals surface area contributed by atoms with Gasteiger partial charge in [0.1, 0.15) is 0 Å². The minimum Gasteiger partial charge on any atom is -0.348 e. The second-order valence-electron chi connectivity index (χ2n) is 9.80. The number of pyridine rings is 1. The SMILES string of the molecule is CC(=O)Nc1ccc(S(=O)(=O)N2CCC(c3ccn4nc(C)c(C(=O)NCc5ccccc5)c4c3)CC2)cc1. The Balaban J connectivity index is 1.28. The van der Waals surface area contributed by atoms with Gasteiger partial charge >= 0.3 is 0 Å². The van der Waals surface area contributed by atoms with Gasteiger partial charge in [-0.15, -0.1) is 0 Å². The third-order valence-electron chi connectivity index (χ3n) is 7.09. The molecule has 1 aliphatic rings. The molecule has 3 heterocycles. The molecule has 2 N–H and O–H groups in total. The normalized spacial score (nSPS) is 14.8. The number of anilines is 1. The van der Waals surface area contributed by atoms with E-state index in [1.54, 1.807) is 16.6 Å². The number of benzene rings is 2. The van der Waals surface area contributed by atoms with Gasteiger partial charge in [-0.05, 0) is 73.2 Å². The van der Waals surface area contributed by atoms with Gasteiger partial charge in [-0.3, -0.25) is 9.59 Å². The van der Waals surface area contributed by atoms with E-state index in [0.717, 1.165) is 16.6 Å². The highest BCUT2D eigenvalue weighted by Crippen LogP contribution is 2.32. The van der Waals surface area contributed by atoms with E-state index in [9.17, 15) is 18.0 Å². The summed E-state index contributed by atoms with van der Waals surface area (Å²) in [6, 6.07) is 20.0. The van der Waals surface area contributed by atoms with Crippen LogP contribution < -0.4 is 10.6 Å². The number of carbonyl (C=O) groups is 2. The zero-order valence-corrected chi connectivity index (χ0v) is 22.7. The number of hydrogen-bond donors (Lipinski definition) is 2. The largest absolute Gasteiger partial charge is 0.348 e. The predicted molar refractivity (Wildman–Crippen MR) is 149 cm³/mol. The van der Waals surface area contributed by atoms with Crippen LogP contribution in [0.25, 0.3) is 5.52 Å². The van der Waals surface area contributed by atoms with Crippen LogP contribution in [0, 0.1) is 6.92 Å². The maximum Gasteiger partial charge on any atom is 0.255 e. The fourth-order valence-electron chi connectivity index (χ4n) is 5.07. The summed E-state index contributed by atoms with van der Waals surface area (Å²) in [4.78, 5) is 24.5. The zero-order valence-electron chi connectivity index (χ0n) is 21.9. The van der Waals surface area contributed by atoms with Crippen molar-refractivity contribution in [2.24, 2.45) is 0 Å². The molecule has 10 heteroatoms. The molecule has 0 bridgehead atoms. The van der Waals surface area contributed by atoms with Crippen LogP contribution in [0.1, 0.15) is 52.9 Å². The Morgan fingerprint density at radius 1 is 1.00 bits per heavy atom. The van der Waals surface area contributed by atoms with E-state index in [1.807, 2.05) is 55.6 Å². The van der Waals surface area contributed by atoms with Crippen LogP contribution in [0.15, 0.2) is 77.8 Å². The predicted octanol–water partition coefficient (Wildman–Crippen LogP) is 4.10. The molecule has 0 saturated carbocycles. The molecule has 1 saturated heterocycles. The van der Waals surface area contributed by atoms with Gasteiger partial charge in [-0.2, -0.15) is 9.40 Å². The van der Waals surface area contributed by atoms with E-state index >= 15 is 0 Å². The number of nitrogens with one attached hydrogen (secondary N) is 2. The van der Waals surface area contributed by atoms with Gasteiger partial charge in [0.25, 0.3) is 5.91 Å². The van der Waals surface area contributed by atoms with Crippen LogP contribution in [-0.2, 0) is 21.4 Å². The van der Waals surface area contributed by atoms with Crippen molar-refractivity contribution in [2.75, 3.05) is 18.4 Å². The molecule has 0 spiro atoms. The lowest BCUT2D eigenvalue weighted by Gasteiger charge is -2.31. The fraction of sp³-hybridized carbons (Fsp3) is 0.276. The van der Waals surface area contributed by atoms with Crippen LogP contribution in [0.5, 0.6) is 0 Å². The monoisotopic (exact) mass is 545 g/mol. The average molecular weight is 546 g/mol. The number of sulfonamides is 1. The lowest BCUT2D eigenvalue weighted by molar-refractivity contribution is -0.114. The van der Waals surface area contributed by atoms with Gasteiger partial charge in [0, 0.05) is 38.4 Å². The highest BCUT2D eigenvalue weighted by molar-refractivity contribution is 7.89. The molecule has 0 unspecified atom stereocenters. The van der Waals surface area contributed by atoms with Crippen molar-refractivity contribution < 1.29 is 18.0 Å². The van der Waals surface area contributed by atoms with E-state index in [4.69, 9.17) is 0 Å². The summed E-state index contributed by atoms with van der Waals surface area (Å²) in [7, 11) is -3.64. The Hall–Kier alpha value is -4.02. The maximum atomic E-state index is 13.2. The standard InChI is InChI=1S/C29H31N5O4S/c1-20-28(29(36)30-19-22-6-4-3-5-7-22)27-18-24(14-17-34(27)32-20)23-12-15-33(16-13-23)39(37,38)26-10-8-25(9-11-26)31-21(2)35/h3-11,14,17-18,23H,12-13,15-16,19H2,1-2H3,(H,30,36)(H,31,35). The van der Waals surface area contributed by atoms with Crippen molar-refractivity contribution in [3.05, 3.63) is 95.3 Å². The number of carbonyl (C=O) groups excluding carboxylic acids is 2. The summed E-state index contributed by atoms with van der Waals surface area (Å²) in [6.07, 6.45) is 3.20. The third-order valence-corrected chi connectivity index (χ3v) is 9.01. The number of nitrogens with zero attached hydrogens (tertiary/aromatic N) is 3. The van der Waals surface area contributed by atoms with Crippen molar-refractivity contribution in [1.29, 1.82) is 0 Å². The number of aryl methyl sites for hydroxylation is 1. The first-order chi connectivity index (χ1) is 18.7. The van der Waals surface area contributed by atoms with E-state index in [2.05, 4.69) is 15.7 Å². The molecule has 9 nitrogen and oxygen atoms in total. The number of fused-ring (bicyclic) bond motifs is 1. The Labute approximate surface area is 227 Å². The number of hydrogen-bond acceptors (Lipinski definition) is 5. The smallest absolute Gasteiger partial charge is 0.255 e. The van der Waals surface area contributed by atoms with E-state index in [0.29, 0.717) is 49.4 Å². The molecule has 0 atom stereocenters. The Bertz CT molecular complexity index is 1610. The third kappa shape index (κ3) is 5.71. The van der Waals surface area contributed by atoms with Crippen molar-refractivity contribution in [1.82, 2.24) is 19.2 Å². The number of piperidine rings is 1. The Morgan fingerprint density at radius 3 is 2.36 bits per heavy atom. The topological polar surface area (TPSA) is 113 Å². The minimum absolute atomic E-state index is 0.166. The van der Waals surface area contributed by atoms with Gasteiger partial charge in [-0.25, -0.2) is 12.9 Å². The van der Waals surface area contributed by atoms with Crippen LogP contribution in [0.4, 0.5) is 5.69 Å². The van der Waals surface area contributed by atoms with Crippen LogP contribution in [0.3, 0.4) is 0 Å². The first-order valence-electron chi connectivity index (χ1n) is 12.9. The van der Waals surface area contributed by atoms with Gasteiger partial charge in [0.2, 0.25) is 15.9 Å². The summed E-state index contributed by atoms with van der Waals surface area (Å²) in [6.45, 7) is 4.46. The van der Waals surface area contributed by atoms with Crippen LogP contribution in [-0.4, -0.2) is 47.2 Å². The lowest BCUT2D eigenvalue weighted by Crippen LogP contribution is -2.37. The lowest BCUT2D eigenvalue weighted by atomic mass is 9.90. The van der Waals surface area contributed by atoms with Crippen molar-refractivity contribution in [3.8, 4) is 0 Å². The summed E-state index contributed by atoms with van der Waals surface area (Å²) in [5.74, 6) is -0.218. The molecule has 5 rings (SSSR count). The number of amides is 2. The van der Waals surface area contributed by atoms with E-state index in [1.165, 1.54) is 23.4 Å². The molecule has 1 aliphatic heterocycles. The molecular weight excluding hydrogens is 514 g/mol. The van der Waals surface area contributed by atoms with Crippen LogP contribution in [0.2, 0.25) is 0 Å². The minimum atomic E-state index is -3.64. The zero-order chi connectivity index (χ0) is 27.6. The molecule has 4 aromatic rings. The molecule has 39 heavy (non-hydrogen) atoms. The van der Waals surface area contributed by atoms with Gasteiger partial charge < -0.3 is 10.6 Å². The highest BCUT2D eigenvalue weighted by Gasteiger charge is 2.30. The summed E-state index contributed by atoms with van der Waals surface area (Å²) >= 11 is 0. The van der Waals surface area contributed by atoms with Crippen molar-refractivity contribution in [3.63, 3.8) is 0 Å². The highest BCUT2D eigenvalue weighted by atomic mass is 32.2. The van der Waals surface area contributed by atoms with E-state index < -0.39 is 10.0 Å².